The minimum absolute atomic E-state index is 0.899. The van der Waals surface area contributed by atoms with E-state index in [0.717, 1.165) is 32.4 Å². The van der Waals surface area contributed by atoms with Crippen LogP contribution in [0.2, 0.25) is 0 Å². The van der Waals surface area contributed by atoms with E-state index < -0.39 is 0 Å². The Kier molecular flexibility index (Phi) is 2.28. The van der Waals surface area contributed by atoms with Crippen molar-refractivity contribution in [3.8, 4) is 11.1 Å². The molecule has 1 radical (unpaired) electrons. The van der Waals surface area contributed by atoms with E-state index in [1.54, 1.807) is 12.4 Å². The summed E-state index contributed by atoms with van der Waals surface area (Å²) >= 11 is 1.54. The van der Waals surface area contributed by atoms with Crippen LogP contribution in [0.3, 0.4) is 0 Å². The molecule has 0 amide bonds. The lowest BCUT2D eigenvalue weighted by atomic mass is 10.0. The number of para-hydroxylation sites is 1. The average Bonchev–Trinajstić information content (AvgIpc) is 2.95. The van der Waals surface area contributed by atoms with Gasteiger partial charge >= 0.3 is 0 Å². The van der Waals surface area contributed by atoms with Gasteiger partial charge in [0.15, 0.2) is 5.51 Å². The molecule has 2 aromatic heterocycles. The quantitative estimate of drug-likeness (QED) is 0.525. The molecule has 0 bridgehead atoms. The van der Waals surface area contributed by atoms with Gasteiger partial charge in [-0.15, -0.1) is 11.3 Å². The van der Waals surface area contributed by atoms with E-state index in [1.165, 1.54) is 11.3 Å². The summed E-state index contributed by atoms with van der Waals surface area (Å²) in [6, 6.07) is 12.3. The summed E-state index contributed by atoms with van der Waals surface area (Å²) in [4.78, 5) is 13.0. The summed E-state index contributed by atoms with van der Waals surface area (Å²) in [5, 5.41) is 0. The number of hydrogen-bond acceptors (Lipinski definition) is 4. The summed E-state index contributed by atoms with van der Waals surface area (Å²) in [6.45, 7) is 0. The van der Waals surface area contributed by atoms with Crippen LogP contribution < -0.4 is 0 Å². The van der Waals surface area contributed by atoms with Crippen molar-refractivity contribution in [1.29, 1.82) is 0 Å². The maximum atomic E-state index is 4.35. The van der Waals surface area contributed by atoms with Crippen LogP contribution in [0.1, 0.15) is 0 Å². The van der Waals surface area contributed by atoms with E-state index in [-0.39, 0.29) is 0 Å². The highest BCUT2D eigenvalue weighted by Crippen LogP contribution is 2.30. The van der Waals surface area contributed by atoms with Crippen molar-refractivity contribution in [3.05, 3.63) is 54.3 Å². The highest BCUT2D eigenvalue weighted by atomic mass is 32.1. The molecule has 0 aliphatic heterocycles. The van der Waals surface area contributed by atoms with Crippen molar-refractivity contribution < 1.29 is 0 Å². The predicted octanol–water partition coefficient (Wildman–Crippen LogP) is 3.71. The zero-order chi connectivity index (χ0) is 12.7. The molecular weight excluding hydrogens is 254 g/mol. The molecule has 0 spiro atoms. The molecule has 0 fully saturated rings. The number of benzene rings is 2. The summed E-state index contributed by atoms with van der Waals surface area (Å²) in [7, 11) is 0. The molecule has 0 N–H and O–H groups in total. The van der Waals surface area contributed by atoms with Crippen molar-refractivity contribution in [1.82, 2.24) is 15.0 Å². The Morgan fingerprint density at radius 3 is 2.79 bits per heavy atom. The monoisotopic (exact) mass is 262 g/mol. The van der Waals surface area contributed by atoms with Crippen LogP contribution in [0, 0.1) is 5.51 Å². The number of nitrogens with zero attached hydrogens (tertiary/aromatic N) is 3. The standard InChI is InChI=1S/C15H8N3S/c1-2-11(15-14(3-1)19-9-18-15)10-4-5-12-13(8-10)17-7-6-16-12/h1-8H. The Hall–Kier alpha value is -2.33. The highest BCUT2D eigenvalue weighted by Gasteiger charge is 2.07. The third kappa shape index (κ3) is 1.69. The average molecular weight is 262 g/mol. The van der Waals surface area contributed by atoms with Gasteiger partial charge in [-0.1, -0.05) is 18.2 Å². The summed E-state index contributed by atoms with van der Waals surface area (Å²) in [5.41, 5.74) is 7.97. The van der Waals surface area contributed by atoms with Crippen LogP contribution in [-0.2, 0) is 0 Å². The number of thiazole rings is 1. The molecular formula is C15H8N3S. The molecule has 4 heteroatoms. The van der Waals surface area contributed by atoms with Crippen molar-refractivity contribution in [3.63, 3.8) is 0 Å². The normalized spacial score (nSPS) is 11.2. The van der Waals surface area contributed by atoms with Gasteiger partial charge in [0, 0.05) is 18.0 Å². The SMILES string of the molecule is [c]1nc2c(-c3ccc4nccnc4c3)cccc2s1. The van der Waals surface area contributed by atoms with Crippen molar-refractivity contribution in [2.75, 3.05) is 0 Å². The molecule has 2 aromatic carbocycles. The first-order chi connectivity index (χ1) is 9.42. The van der Waals surface area contributed by atoms with E-state index >= 15 is 0 Å². The smallest absolute Gasteiger partial charge is 0.153 e. The summed E-state index contributed by atoms with van der Waals surface area (Å²) in [5.74, 6) is 0. The van der Waals surface area contributed by atoms with E-state index in [4.69, 9.17) is 0 Å². The Balaban J connectivity index is 2.01. The first-order valence-corrected chi connectivity index (χ1v) is 6.70. The van der Waals surface area contributed by atoms with Gasteiger partial charge in [-0.3, -0.25) is 9.97 Å². The number of hydrogen-bond donors (Lipinski definition) is 0. The largest absolute Gasteiger partial charge is 0.253 e. The lowest BCUT2D eigenvalue weighted by Gasteiger charge is -2.04. The van der Waals surface area contributed by atoms with Crippen LogP contribution in [0.4, 0.5) is 0 Å². The minimum atomic E-state index is 0.899. The van der Waals surface area contributed by atoms with Crippen LogP contribution in [-0.4, -0.2) is 15.0 Å². The van der Waals surface area contributed by atoms with Crippen molar-refractivity contribution >= 4 is 32.6 Å². The van der Waals surface area contributed by atoms with Crippen LogP contribution in [0.5, 0.6) is 0 Å². The predicted molar refractivity (Wildman–Crippen MR) is 77.0 cm³/mol. The van der Waals surface area contributed by atoms with Gasteiger partial charge in [0.25, 0.3) is 0 Å². The number of aromatic nitrogens is 3. The number of fused-ring (bicyclic) bond motifs is 2. The highest BCUT2D eigenvalue weighted by molar-refractivity contribution is 7.16. The molecule has 19 heavy (non-hydrogen) atoms. The second kappa shape index (κ2) is 4.10. The van der Waals surface area contributed by atoms with Crippen LogP contribution in [0.15, 0.2) is 48.8 Å². The lowest BCUT2D eigenvalue weighted by Crippen LogP contribution is -1.85. The van der Waals surface area contributed by atoms with Gasteiger partial charge in [-0.25, -0.2) is 4.98 Å². The Labute approximate surface area is 113 Å². The molecule has 0 unspecified atom stereocenters. The fourth-order valence-corrected chi connectivity index (χ4v) is 2.84. The summed E-state index contributed by atoms with van der Waals surface area (Å²) < 4.78 is 1.15. The van der Waals surface area contributed by atoms with E-state index in [2.05, 4.69) is 44.7 Å². The van der Waals surface area contributed by atoms with Gasteiger partial charge < -0.3 is 0 Å². The Morgan fingerprint density at radius 1 is 0.947 bits per heavy atom. The van der Waals surface area contributed by atoms with Crippen LogP contribution >= 0.6 is 11.3 Å². The summed E-state index contributed by atoms with van der Waals surface area (Å²) in [6.07, 6.45) is 3.42. The molecule has 4 rings (SSSR count). The molecule has 2 heterocycles. The molecule has 0 aliphatic carbocycles. The molecule has 89 valence electrons. The van der Waals surface area contributed by atoms with Gasteiger partial charge in [-0.05, 0) is 23.8 Å². The zero-order valence-electron chi connectivity index (χ0n) is 9.87. The molecule has 0 atom stereocenters. The molecule has 3 nitrogen and oxygen atoms in total. The first kappa shape index (κ1) is 10.6. The molecule has 4 aromatic rings. The second-order valence-corrected chi connectivity index (χ2v) is 5.04. The maximum absolute atomic E-state index is 4.35. The van der Waals surface area contributed by atoms with Gasteiger partial charge in [0.1, 0.15) is 0 Å². The second-order valence-electron chi connectivity index (χ2n) is 4.22. The third-order valence-electron chi connectivity index (χ3n) is 3.09. The molecule has 0 aliphatic rings. The van der Waals surface area contributed by atoms with E-state index in [0.29, 0.717) is 0 Å². The Bertz CT molecular complexity index is 882. The molecule has 0 saturated carbocycles. The molecule has 0 saturated heterocycles. The topological polar surface area (TPSA) is 38.7 Å². The third-order valence-corrected chi connectivity index (χ3v) is 3.82. The lowest BCUT2D eigenvalue weighted by molar-refractivity contribution is 1.29. The zero-order valence-corrected chi connectivity index (χ0v) is 10.7. The maximum Gasteiger partial charge on any atom is 0.153 e. The first-order valence-electron chi connectivity index (χ1n) is 5.88. The minimum Gasteiger partial charge on any atom is -0.253 e. The van der Waals surface area contributed by atoms with Crippen LogP contribution in [0.25, 0.3) is 32.4 Å². The fourth-order valence-electron chi connectivity index (χ4n) is 2.20. The van der Waals surface area contributed by atoms with Crippen molar-refractivity contribution in [2.24, 2.45) is 0 Å². The van der Waals surface area contributed by atoms with Gasteiger partial charge in [0.05, 0.1) is 21.3 Å². The van der Waals surface area contributed by atoms with Gasteiger partial charge in [0.2, 0.25) is 0 Å². The number of rotatable bonds is 1. The fraction of sp³-hybridized carbons (Fsp3) is 0. The van der Waals surface area contributed by atoms with Crippen molar-refractivity contribution in [2.45, 2.75) is 0 Å². The van der Waals surface area contributed by atoms with E-state index in [9.17, 15) is 0 Å². The van der Waals surface area contributed by atoms with E-state index in [1.807, 2.05) is 12.1 Å². The van der Waals surface area contributed by atoms with Gasteiger partial charge in [-0.2, -0.15) is 0 Å². The Morgan fingerprint density at radius 2 is 1.84 bits per heavy atom.